The third-order valence-electron chi connectivity index (χ3n) is 5.04. The van der Waals surface area contributed by atoms with Crippen molar-refractivity contribution in [2.24, 2.45) is 0 Å². The van der Waals surface area contributed by atoms with Crippen LogP contribution in [0.4, 0.5) is 5.69 Å². The third kappa shape index (κ3) is 8.94. The van der Waals surface area contributed by atoms with E-state index >= 15 is 0 Å². The van der Waals surface area contributed by atoms with Crippen LogP contribution in [0.5, 0.6) is 5.75 Å². The fraction of sp³-hybridized carbons (Fsp3) is 0.250. The van der Waals surface area contributed by atoms with E-state index in [1.807, 2.05) is 54.6 Å². The molecular formula is C28H29NO5S. The van der Waals surface area contributed by atoms with E-state index in [0.29, 0.717) is 17.9 Å². The molecule has 0 saturated heterocycles. The summed E-state index contributed by atoms with van der Waals surface area (Å²) in [5.41, 5.74) is 3.20. The largest absolute Gasteiger partial charge is 0.494 e. The van der Waals surface area contributed by atoms with Gasteiger partial charge in [-0.25, -0.2) is 0 Å². The first-order valence-electron chi connectivity index (χ1n) is 11.5. The number of carbonyl (C=O) groups is 3. The van der Waals surface area contributed by atoms with Gasteiger partial charge in [0.15, 0.2) is 12.4 Å². The molecule has 0 atom stereocenters. The molecule has 7 heteroatoms. The molecular weight excluding hydrogens is 462 g/mol. The van der Waals surface area contributed by atoms with E-state index in [4.69, 9.17) is 9.47 Å². The van der Waals surface area contributed by atoms with Crippen LogP contribution < -0.4 is 10.1 Å². The first-order chi connectivity index (χ1) is 17.0. The molecule has 0 heterocycles. The number of anilines is 1. The molecule has 0 spiro atoms. The van der Waals surface area contributed by atoms with E-state index in [1.165, 1.54) is 0 Å². The molecule has 0 bridgehead atoms. The number of unbranched alkanes of at least 4 members (excludes halogenated alkanes) is 1. The topological polar surface area (TPSA) is 81.7 Å². The number of rotatable bonds is 13. The third-order valence-corrected chi connectivity index (χ3v) is 5.94. The summed E-state index contributed by atoms with van der Waals surface area (Å²) in [6, 6.07) is 24.2. The fourth-order valence-corrected chi connectivity index (χ4v) is 3.75. The number of carbonyl (C=O) groups excluding carboxylic acids is 3. The number of hydrogen-bond donors (Lipinski definition) is 1. The zero-order chi connectivity index (χ0) is 24.9. The minimum absolute atomic E-state index is 0.0160. The van der Waals surface area contributed by atoms with Crippen LogP contribution in [-0.2, 0) is 14.3 Å². The molecule has 0 radical (unpaired) electrons. The Labute approximate surface area is 210 Å². The number of esters is 1. The second kappa shape index (κ2) is 14.0. The van der Waals surface area contributed by atoms with Gasteiger partial charge in [0.05, 0.1) is 18.1 Å². The summed E-state index contributed by atoms with van der Waals surface area (Å²) in [6.45, 7) is 2.44. The Morgan fingerprint density at radius 1 is 0.829 bits per heavy atom. The Bertz CT molecular complexity index is 1100. The lowest BCUT2D eigenvalue weighted by atomic mass is 10.0. The predicted molar refractivity (Wildman–Crippen MR) is 140 cm³/mol. The van der Waals surface area contributed by atoms with Crippen LogP contribution in [0.25, 0.3) is 11.1 Å². The SMILES string of the molecule is CCCCOc1ccc(NC(=O)CSCC(=O)OCC(=O)c2ccc(-c3ccccc3)cc2)cc1. The molecule has 3 aromatic carbocycles. The highest BCUT2D eigenvalue weighted by atomic mass is 32.2. The van der Waals surface area contributed by atoms with Gasteiger partial charge in [-0.3, -0.25) is 14.4 Å². The lowest BCUT2D eigenvalue weighted by molar-refractivity contribution is -0.139. The van der Waals surface area contributed by atoms with E-state index in [1.54, 1.807) is 24.3 Å². The zero-order valence-corrected chi connectivity index (χ0v) is 20.5. The standard InChI is InChI=1S/C28H29NO5S/c1-2-3-17-33-25-15-13-24(14-16-25)29-27(31)19-35-20-28(32)34-18-26(30)23-11-9-22(10-12-23)21-7-5-4-6-8-21/h4-16H,2-3,17-20H2,1H3,(H,29,31). The van der Waals surface area contributed by atoms with Gasteiger partial charge in [0, 0.05) is 11.3 Å². The summed E-state index contributed by atoms with van der Waals surface area (Å²) < 4.78 is 10.7. The number of nitrogens with one attached hydrogen (secondary N) is 1. The number of amides is 1. The van der Waals surface area contributed by atoms with Gasteiger partial charge >= 0.3 is 5.97 Å². The van der Waals surface area contributed by atoms with Crippen LogP contribution in [0.1, 0.15) is 30.1 Å². The second-order valence-corrected chi connectivity index (χ2v) is 8.78. The molecule has 0 aliphatic heterocycles. The van der Waals surface area contributed by atoms with Crippen LogP contribution >= 0.6 is 11.8 Å². The number of benzene rings is 3. The molecule has 0 aliphatic rings. The average Bonchev–Trinajstić information content (AvgIpc) is 2.89. The summed E-state index contributed by atoms with van der Waals surface area (Å²) in [7, 11) is 0. The van der Waals surface area contributed by atoms with Gasteiger partial charge in [-0.15, -0.1) is 11.8 Å². The number of thioether (sulfide) groups is 1. The Balaban J connectivity index is 1.33. The summed E-state index contributed by atoms with van der Waals surface area (Å²) in [6.07, 6.45) is 2.06. The molecule has 0 aromatic heterocycles. The van der Waals surface area contributed by atoms with Gasteiger partial charge in [-0.2, -0.15) is 0 Å². The van der Waals surface area contributed by atoms with Crippen LogP contribution in [0.2, 0.25) is 0 Å². The Morgan fingerprint density at radius 3 is 2.20 bits per heavy atom. The number of Topliss-reactive ketones (excluding diaryl/α,β-unsaturated/α-hetero) is 1. The molecule has 182 valence electrons. The van der Waals surface area contributed by atoms with Crippen molar-refractivity contribution in [3.8, 4) is 16.9 Å². The lowest BCUT2D eigenvalue weighted by Gasteiger charge is -2.08. The van der Waals surface area contributed by atoms with Crippen LogP contribution in [0.3, 0.4) is 0 Å². The Hall–Kier alpha value is -3.58. The highest BCUT2D eigenvalue weighted by Crippen LogP contribution is 2.20. The van der Waals surface area contributed by atoms with Crippen molar-refractivity contribution in [3.05, 3.63) is 84.4 Å². The number of ketones is 1. The van der Waals surface area contributed by atoms with E-state index in [-0.39, 0.29) is 29.8 Å². The molecule has 0 aliphatic carbocycles. The predicted octanol–water partition coefficient (Wildman–Crippen LogP) is 5.63. The molecule has 0 unspecified atom stereocenters. The van der Waals surface area contributed by atoms with Gasteiger partial charge < -0.3 is 14.8 Å². The van der Waals surface area contributed by atoms with Gasteiger partial charge in [0.1, 0.15) is 5.75 Å². The van der Waals surface area contributed by atoms with Crippen LogP contribution in [-0.4, -0.2) is 42.4 Å². The van der Waals surface area contributed by atoms with Crippen molar-refractivity contribution >= 4 is 35.1 Å². The highest BCUT2D eigenvalue weighted by Gasteiger charge is 2.12. The minimum atomic E-state index is -0.536. The maximum absolute atomic E-state index is 12.3. The van der Waals surface area contributed by atoms with E-state index in [0.717, 1.165) is 41.5 Å². The lowest BCUT2D eigenvalue weighted by Crippen LogP contribution is -2.18. The molecule has 0 saturated carbocycles. The molecule has 1 amide bonds. The number of ether oxygens (including phenoxy) is 2. The van der Waals surface area contributed by atoms with Crippen LogP contribution in [0.15, 0.2) is 78.9 Å². The average molecular weight is 492 g/mol. The molecule has 6 nitrogen and oxygen atoms in total. The summed E-state index contributed by atoms with van der Waals surface area (Å²) in [5.74, 6) is -0.197. The number of hydrogen-bond acceptors (Lipinski definition) is 6. The first-order valence-corrected chi connectivity index (χ1v) is 12.7. The summed E-state index contributed by atoms with van der Waals surface area (Å²) >= 11 is 1.13. The van der Waals surface area contributed by atoms with E-state index < -0.39 is 5.97 Å². The van der Waals surface area contributed by atoms with E-state index in [9.17, 15) is 14.4 Å². The monoisotopic (exact) mass is 491 g/mol. The Kier molecular flexibility index (Phi) is 10.4. The summed E-state index contributed by atoms with van der Waals surface area (Å²) in [4.78, 5) is 36.4. The summed E-state index contributed by atoms with van der Waals surface area (Å²) in [5, 5.41) is 2.78. The fourth-order valence-electron chi connectivity index (χ4n) is 3.14. The van der Waals surface area contributed by atoms with Crippen molar-refractivity contribution in [1.82, 2.24) is 0 Å². The smallest absolute Gasteiger partial charge is 0.316 e. The van der Waals surface area contributed by atoms with Crippen molar-refractivity contribution in [2.75, 3.05) is 30.0 Å². The maximum Gasteiger partial charge on any atom is 0.316 e. The van der Waals surface area contributed by atoms with Crippen molar-refractivity contribution < 1.29 is 23.9 Å². The highest BCUT2D eigenvalue weighted by molar-refractivity contribution is 8.00. The van der Waals surface area contributed by atoms with Crippen LogP contribution in [0, 0.1) is 0 Å². The molecule has 0 fully saturated rings. The van der Waals surface area contributed by atoms with Gasteiger partial charge in [-0.1, -0.05) is 67.9 Å². The molecule has 35 heavy (non-hydrogen) atoms. The second-order valence-electron chi connectivity index (χ2n) is 7.79. The zero-order valence-electron chi connectivity index (χ0n) is 19.7. The van der Waals surface area contributed by atoms with Gasteiger partial charge in [-0.05, 0) is 41.8 Å². The Morgan fingerprint density at radius 2 is 1.51 bits per heavy atom. The molecule has 3 aromatic rings. The normalized spacial score (nSPS) is 10.4. The van der Waals surface area contributed by atoms with Crippen molar-refractivity contribution in [1.29, 1.82) is 0 Å². The molecule has 1 N–H and O–H groups in total. The minimum Gasteiger partial charge on any atom is -0.494 e. The quantitative estimate of drug-likeness (QED) is 0.190. The molecule has 3 rings (SSSR count). The van der Waals surface area contributed by atoms with Gasteiger partial charge in [0.25, 0.3) is 0 Å². The van der Waals surface area contributed by atoms with Crippen molar-refractivity contribution in [3.63, 3.8) is 0 Å². The van der Waals surface area contributed by atoms with Gasteiger partial charge in [0.2, 0.25) is 5.91 Å². The van der Waals surface area contributed by atoms with E-state index in [2.05, 4.69) is 12.2 Å². The first kappa shape index (κ1) is 26.0. The van der Waals surface area contributed by atoms with Crippen molar-refractivity contribution in [2.45, 2.75) is 19.8 Å². The maximum atomic E-state index is 12.3.